The highest BCUT2D eigenvalue weighted by molar-refractivity contribution is 5.95. The smallest absolute Gasteiger partial charge is 0.267 e. The van der Waals surface area contributed by atoms with Gasteiger partial charge >= 0.3 is 0 Å². The maximum Gasteiger partial charge on any atom is 0.267 e. The molecular weight excluding hydrogens is 430 g/mol. The number of aromatic nitrogens is 4. The lowest BCUT2D eigenvalue weighted by Crippen LogP contribution is -2.29. The summed E-state index contributed by atoms with van der Waals surface area (Å²) in [5, 5.41) is 15.7. The van der Waals surface area contributed by atoms with Crippen molar-refractivity contribution in [2.75, 3.05) is 5.32 Å². The van der Waals surface area contributed by atoms with E-state index in [1.807, 2.05) is 42.5 Å². The Balaban J connectivity index is 1.34. The second kappa shape index (κ2) is 8.95. The van der Waals surface area contributed by atoms with Crippen molar-refractivity contribution < 1.29 is 4.79 Å². The molecule has 34 heavy (non-hydrogen) atoms. The molecule has 0 bridgehead atoms. The first kappa shape index (κ1) is 21.0. The lowest BCUT2D eigenvalue weighted by Gasteiger charge is -2.10. The normalized spacial score (nSPS) is 10.8. The fourth-order valence-electron chi connectivity index (χ4n) is 3.72. The van der Waals surface area contributed by atoms with E-state index in [9.17, 15) is 14.4 Å². The first-order valence-corrected chi connectivity index (χ1v) is 10.6. The Morgan fingerprint density at radius 3 is 2.38 bits per heavy atom. The summed E-state index contributed by atoms with van der Waals surface area (Å²) in [5.74, 6) is -0.375. The van der Waals surface area contributed by atoms with Crippen molar-refractivity contribution in [2.24, 2.45) is 0 Å². The lowest BCUT2D eigenvalue weighted by molar-refractivity contribution is -0.117. The molecule has 0 fully saturated rings. The topological polar surface area (TPSA) is 110 Å². The quantitative estimate of drug-likeness (QED) is 0.427. The molecule has 0 aliphatic heterocycles. The van der Waals surface area contributed by atoms with Crippen LogP contribution in [-0.2, 0) is 11.3 Å². The number of fused-ring (bicyclic) bond motifs is 1. The number of amides is 1. The summed E-state index contributed by atoms with van der Waals surface area (Å²) in [5.41, 5.74) is 2.82. The second-order valence-corrected chi connectivity index (χ2v) is 7.67. The van der Waals surface area contributed by atoms with Gasteiger partial charge in [-0.3, -0.25) is 14.4 Å². The highest BCUT2D eigenvalue weighted by Gasteiger charge is 2.11. The van der Waals surface area contributed by atoms with Crippen molar-refractivity contribution in [1.82, 2.24) is 20.0 Å². The number of hydrogen-bond acceptors (Lipinski definition) is 5. The third-order valence-electron chi connectivity index (χ3n) is 5.37. The summed E-state index contributed by atoms with van der Waals surface area (Å²) >= 11 is 0. The van der Waals surface area contributed by atoms with Crippen molar-refractivity contribution in [3.63, 3.8) is 0 Å². The van der Waals surface area contributed by atoms with Gasteiger partial charge in [-0.2, -0.15) is 10.2 Å². The van der Waals surface area contributed by atoms with Gasteiger partial charge in [0.15, 0.2) is 0 Å². The average molecular weight is 449 g/mol. The Labute approximate surface area is 193 Å². The number of H-pyrrole nitrogens is 1. The van der Waals surface area contributed by atoms with Crippen LogP contribution in [0.5, 0.6) is 0 Å². The molecular formula is C26H19N5O3. The van der Waals surface area contributed by atoms with E-state index in [0.29, 0.717) is 17.1 Å². The Kier molecular flexibility index (Phi) is 5.53. The van der Waals surface area contributed by atoms with Gasteiger partial charge in [-0.1, -0.05) is 54.6 Å². The van der Waals surface area contributed by atoms with E-state index in [-0.39, 0.29) is 23.6 Å². The summed E-state index contributed by atoms with van der Waals surface area (Å²) in [6.45, 7) is -0.222. The van der Waals surface area contributed by atoms with Crippen molar-refractivity contribution in [3.8, 4) is 22.5 Å². The zero-order chi connectivity index (χ0) is 23.5. The van der Waals surface area contributed by atoms with Crippen LogP contribution in [0.3, 0.4) is 0 Å². The molecule has 0 saturated carbocycles. The number of hydrogen-bond donors (Lipinski definition) is 2. The van der Waals surface area contributed by atoms with Gasteiger partial charge in [-0.25, -0.2) is 9.78 Å². The van der Waals surface area contributed by atoms with E-state index in [0.717, 1.165) is 26.6 Å². The van der Waals surface area contributed by atoms with Gasteiger partial charge in [0, 0.05) is 28.9 Å². The number of anilines is 1. The summed E-state index contributed by atoms with van der Waals surface area (Å²) in [7, 11) is 0. The number of aromatic amines is 1. The summed E-state index contributed by atoms with van der Waals surface area (Å²) < 4.78 is 1.16. The second-order valence-electron chi connectivity index (χ2n) is 7.67. The largest absolute Gasteiger partial charge is 0.324 e. The zero-order valence-electron chi connectivity index (χ0n) is 17.9. The van der Waals surface area contributed by atoms with Crippen molar-refractivity contribution in [3.05, 3.63) is 112 Å². The maximum atomic E-state index is 12.6. The fourth-order valence-corrected chi connectivity index (χ4v) is 3.72. The molecule has 5 rings (SSSR count). The van der Waals surface area contributed by atoms with Crippen LogP contribution in [0.4, 0.5) is 5.69 Å². The van der Waals surface area contributed by atoms with E-state index in [4.69, 9.17) is 0 Å². The van der Waals surface area contributed by atoms with Gasteiger partial charge in [0.25, 0.3) is 11.1 Å². The van der Waals surface area contributed by atoms with Gasteiger partial charge in [0.2, 0.25) is 5.91 Å². The Morgan fingerprint density at radius 2 is 1.59 bits per heavy atom. The molecule has 0 aliphatic carbocycles. The van der Waals surface area contributed by atoms with Crippen LogP contribution < -0.4 is 16.4 Å². The molecule has 3 aromatic carbocycles. The maximum absolute atomic E-state index is 12.6. The average Bonchev–Trinajstić information content (AvgIpc) is 2.86. The number of carbonyl (C=O) groups is 1. The molecule has 0 radical (unpaired) electrons. The van der Waals surface area contributed by atoms with Crippen molar-refractivity contribution in [2.45, 2.75) is 6.54 Å². The zero-order valence-corrected chi connectivity index (χ0v) is 17.9. The molecule has 0 unspecified atom stereocenters. The summed E-state index contributed by atoms with van der Waals surface area (Å²) in [4.78, 5) is 36.2. The van der Waals surface area contributed by atoms with Gasteiger partial charge in [-0.05, 0) is 35.0 Å². The molecule has 1 amide bonds. The summed E-state index contributed by atoms with van der Waals surface area (Å²) in [6.07, 6.45) is 0. The van der Waals surface area contributed by atoms with E-state index >= 15 is 0 Å². The third-order valence-corrected chi connectivity index (χ3v) is 5.37. The molecule has 0 spiro atoms. The lowest BCUT2D eigenvalue weighted by atomic mass is 10.0. The molecule has 0 aliphatic rings. The van der Waals surface area contributed by atoms with Crippen LogP contribution in [0.15, 0.2) is 101 Å². The van der Waals surface area contributed by atoms with Crippen LogP contribution >= 0.6 is 0 Å². The minimum absolute atomic E-state index is 0.222. The van der Waals surface area contributed by atoms with Crippen LogP contribution in [0.2, 0.25) is 0 Å². The highest BCUT2D eigenvalue weighted by Crippen LogP contribution is 2.26. The Morgan fingerprint density at radius 1 is 0.824 bits per heavy atom. The van der Waals surface area contributed by atoms with Gasteiger partial charge < -0.3 is 5.32 Å². The molecule has 0 atom stereocenters. The minimum atomic E-state index is -0.375. The van der Waals surface area contributed by atoms with Crippen LogP contribution in [0.25, 0.3) is 33.3 Å². The number of benzene rings is 3. The number of nitrogens with one attached hydrogen (secondary N) is 2. The van der Waals surface area contributed by atoms with E-state index < -0.39 is 0 Å². The number of rotatable bonds is 5. The molecule has 166 valence electrons. The standard InChI is InChI=1S/C26H19N5O3/c32-24-14-12-22(28-29-24)18-8-10-19(11-9-18)27-25(33)16-31-26(34)15-13-23(30-31)21-7-3-5-17-4-1-2-6-20(17)21/h1-15H,16H2,(H,27,33)(H,29,32). The molecule has 5 aromatic rings. The van der Waals surface area contributed by atoms with Gasteiger partial charge in [-0.15, -0.1) is 0 Å². The molecule has 8 heteroatoms. The van der Waals surface area contributed by atoms with Crippen LogP contribution in [-0.4, -0.2) is 25.9 Å². The van der Waals surface area contributed by atoms with Gasteiger partial charge in [0.05, 0.1) is 11.4 Å². The number of carbonyl (C=O) groups excluding carboxylic acids is 1. The minimum Gasteiger partial charge on any atom is -0.324 e. The monoisotopic (exact) mass is 449 g/mol. The molecule has 2 aromatic heterocycles. The van der Waals surface area contributed by atoms with E-state index in [1.165, 1.54) is 12.1 Å². The molecule has 2 heterocycles. The molecule has 0 saturated heterocycles. The van der Waals surface area contributed by atoms with E-state index in [2.05, 4.69) is 20.6 Å². The van der Waals surface area contributed by atoms with E-state index in [1.54, 1.807) is 36.4 Å². The Hall–Kier alpha value is -4.85. The predicted molar refractivity (Wildman–Crippen MR) is 130 cm³/mol. The predicted octanol–water partition coefficient (Wildman–Crippen LogP) is 3.45. The van der Waals surface area contributed by atoms with Crippen molar-refractivity contribution in [1.29, 1.82) is 0 Å². The molecule has 8 nitrogen and oxygen atoms in total. The van der Waals surface area contributed by atoms with Crippen LogP contribution in [0.1, 0.15) is 0 Å². The third kappa shape index (κ3) is 4.37. The first-order valence-electron chi connectivity index (χ1n) is 10.6. The fraction of sp³-hybridized carbons (Fsp3) is 0.0385. The Bertz CT molecular complexity index is 1600. The first-order chi connectivity index (χ1) is 16.6. The highest BCUT2D eigenvalue weighted by atomic mass is 16.2. The summed E-state index contributed by atoms with van der Waals surface area (Å²) in [6, 6.07) is 26.9. The van der Waals surface area contributed by atoms with Crippen molar-refractivity contribution >= 4 is 22.4 Å². The van der Waals surface area contributed by atoms with Gasteiger partial charge in [0.1, 0.15) is 6.54 Å². The molecule has 2 N–H and O–H groups in total. The SMILES string of the molecule is O=C(Cn1nc(-c2cccc3ccccc23)ccc1=O)Nc1ccc(-c2ccc(=O)[nH]n2)cc1. The number of nitrogens with zero attached hydrogens (tertiary/aromatic N) is 3. The van der Waals surface area contributed by atoms with Crippen LogP contribution in [0, 0.1) is 0 Å².